The number of sulfonamides is 1. The largest absolute Gasteiger partial charge is 0.383 e. The highest BCUT2D eigenvalue weighted by molar-refractivity contribution is 7.92. The van der Waals surface area contributed by atoms with E-state index in [9.17, 15) is 13.2 Å². The van der Waals surface area contributed by atoms with Gasteiger partial charge in [-0.05, 0) is 48.7 Å². The van der Waals surface area contributed by atoms with Crippen LogP contribution in [0.25, 0.3) is 22.2 Å². The summed E-state index contributed by atoms with van der Waals surface area (Å²) in [6.07, 6.45) is 6.42. The first kappa shape index (κ1) is 26.5. The van der Waals surface area contributed by atoms with E-state index in [0.717, 1.165) is 53.9 Å². The predicted octanol–water partition coefficient (Wildman–Crippen LogP) is 3.47. The van der Waals surface area contributed by atoms with E-state index in [1.807, 2.05) is 18.2 Å². The maximum Gasteiger partial charge on any atom is 0.261 e. The first-order valence-corrected chi connectivity index (χ1v) is 14.2. The third kappa shape index (κ3) is 6.32. The van der Waals surface area contributed by atoms with Crippen LogP contribution in [0.1, 0.15) is 12.8 Å². The average molecular weight is 547 g/mol. The molecule has 1 fully saturated rings. The van der Waals surface area contributed by atoms with Gasteiger partial charge in [-0.2, -0.15) is 0 Å². The number of amides is 1. The number of pyridine rings is 1. The smallest absolute Gasteiger partial charge is 0.261 e. The van der Waals surface area contributed by atoms with E-state index in [-0.39, 0.29) is 16.7 Å². The molecule has 0 radical (unpaired) electrons. The number of hydrogen-bond donors (Lipinski definition) is 2. The molecule has 1 amide bonds. The number of benzene rings is 2. The Bertz CT molecular complexity index is 1560. The minimum Gasteiger partial charge on any atom is -0.383 e. The molecule has 0 bridgehead atoms. The second kappa shape index (κ2) is 11.7. The van der Waals surface area contributed by atoms with E-state index in [2.05, 4.69) is 24.9 Å². The molecule has 1 aliphatic heterocycles. The number of hydrogen-bond acceptors (Lipinski definition) is 8. The van der Waals surface area contributed by atoms with E-state index < -0.39 is 10.0 Å². The van der Waals surface area contributed by atoms with Crippen LogP contribution < -0.4 is 14.9 Å². The summed E-state index contributed by atoms with van der Waals surface area (Å²) in [5, 5.41) is 2.93. The number of rotatable bonds is 9. The third-order valence-corrected chi connectivity index (χ3v) is 8.10. The molecular formula is C28H30N6O4S. The molecular weight excluding hydrogens is 516 g/mol. The van der Waals surface area contributed by atoms with Crippen LogP contribution in [0.3, 0.4) is 0 Å². The molecule has 10 nitrogen and oxygen atoms in total. The predicted molar refractivity (Wildman–Crippen MR) is 150 cm³/mol. The molecule has 0 unspecified atom stereocenters. The Hall–Kier alpha value is -4.09. The van der Waals surface area contributed by atoms with Crippen molar-refractivity contribution in [3.63, 3.8) is 0 Å². The fourth-order valence-corrected chi connectivity index (χ4v) is 5.65. The quantitative estimate of drug-likeness (QED) is 0.306. The van der Waals surface area contributed by atoms with E-state index >= 15 is 0 Å². The molecule has 4 aromatic rings. The minimum atomic E-state index is -3.73. The number of nitrogens with zero attached hydrogens (tertiary/aromatic N) is 4. The molecule has 3 heterocycles. The fourth-order valence-electron chi connectivity index (χ4n) is 4.59. The number of nitrogens with one attached hydrogen (secondary N) is 2. The third-order valence-electron chi connectivity index (χ3n) is 6.70. The van der Waals surface area contributed by atoms with E-state index in [0.29, 0.717) is 18.8 Å². The van der Waals surface area contributed by atoms with Gasteiger partial charge in [0.25, 0.3) is 10.0 Å². The van der Waals surface area contributed by atoms with Crippen molar-refractivity contribution in [2.45, 2.75) is 17.7 Å². The van der Waals surface area contributed by atoms with Crippen LogP contribution in [0.4, 0.5) is 11.5 Å². The Morgan fingerprint density at radius 3 is 2.56 bits per heavy atom. The highest BCUT2D eigenvalue weighted by atomic mass is 32.2. The maximum absolute atomic E-state index is 12.7. The fraction of sp³-hybridized carbons (Fsp3) is 0.286. The highest BCUT2D eigenvalue weighted by Crippen LogP contribution is 2.28. The monoisotopic (exact) mass is 546 g/mol. The SMILES string of the molecule is COCCNC(=O)C1CCN(c2cnc3ccc(-c4cncc(NS(=O)(=O)c5ccccc5)c4)cc3n2)CC1. The molecule has 2 N–H and O–H groups in total. The molecule has 1 saturated heterocycles. The summed E-state index contributed by atoms with van der Waals surface area (Å²) < 4.78 is 33.1. The molecule has 1 aliphatic rings. The van der Waals surface area contributed by atoms with Crippen LogP contribution in [-0.4, -0.2) is 62.6 Å². The van der Waals surface area contributed by atoms with Gasteiger partial charge in [-0.15, -0.1) is 0 Å². The van der Waals surface area contributed by atoms with Crippen LogP contribution in [0.15, 0.2) is 78.1 Å². The van der Waals surface area contributed by atoms with Crippen LogP contribution >= 0.6 is 0 Å². The first-order chi connectivity index (χ1) is 18.9. The number of aromatic nitrogens is 3. The average Bonchev–Trinajstić information content (AvgIpc) is 2.97. The summed E-state index contributed by atoms with van der Waals surface area (Å²) in [4.78, 5) is 28.4. The van der Waals surface area contributed by atoms with Crippen molar-refractivity contribution in [3.8, 4) is 11.1 Å². The highest BCUT2D eigenvalue weighted by Gasteiger charge is 2.25. The number of carbonyl (C=O) groups is 1. The number of piperidine rings is 1. The molecule has 0 aliphatic carbocycles. The minimum absolute atomic E-state index is 0.0165. The number of carbonyl (C=O) groups excluding carboxylic acids is 1. The summed E-state index contributed by atoms with van der Waals surface area (Å²) >= 11 is 0. The molecule has 39 heavy (non-hydrogen) atoms. The molecule has 0 spiro atoms. The second-order valence-corrected chi connectivity index (χ2v) is 11.0. The Morgan fingerprint density at radius 2 is 1.79 bits per heavy atom. The van der Waals surface area contributed by atoms with Gasteiger partial charge in [0.1, 0.15) is 5.82 Å². The lowest BCUT2D eigenvalue weighted by atomic mass is 9.96. The topological polar surface area (TPSA) is 126 Å². The van der Waals surface area contributed by atoms with Crippen molar-refractivity contribution < 1.29 is 17.9 Å². The van der Waals surface area contributed by atoms with Gasteiger partial charge < -0.3 is 15.0 Å². The number of anilines is 2. The van der Waals surface area contributed by atoms with E-state index in [4.69, 9.17) is 9.72 Å². The van der Waals surface area contributed by atoms with Crippen molar-refractivity contribution in [1.29, 1.82) is 0 Å². The van der Waals surface area contributed by atoms with Crippen LogP contribution in [0.2, 0.25) is 0 Å². The Balaban J connectivity index is 1.30. The first-order valence-electron chi connectivity index (χ1n) is 12.7. The van der Waals surface area contributed by atoms with Crippen LogP contribution in [-0.2, 0) is 19.6 Å². The molecule has 0 saturated carbocycles. The van der Waals surface area contributed by atoms with Crippen molar-refractivity contribution in [2.24, 2.45) is 5.92 Å². The zero-order chi connectivity index (χ0) is 27.2. The number of ether oxygens (including phenoxy) is 1. The molecule has 202 valence electrons. The molecule has 2 aromatic heterocycles. The van der Waals surface area contributed by atoms with Gasteiger partial charge in [0.15, 0.2) is 0 Å². The van der Waals surface area contributed by atoms with Gasteiger partial charge in [0.2, 0.25) is 5.91 Å². The van der Waals surface area contributed by atoms with Gasteiger partial charge in [0.05, 0.1) is 40.6 Å². The standard InChI is InChI=1S/C28H30N6O4S/c1-38-14-11-30-28(35)20-9-12-34(13-10-20)27-19-31-25-8-7-21(16-26(25)32-27)22-15-23(18-29-17-22)33-39(36,37)24-5-3-2-4-6-24/h2-8,15-20,33H,9-14H2,1H3,(H,30,35). The summed E-state index contributed by atoms with van der Waals surface area (Å²) in [6, 6.07) is 15.7. The summed E-state index contributed by atoms with van der Waals surface area (Å²) in [7, 11) is -2.11. The van der Waals surface area contributed by atoms with Crippen molar-refractivity contribution in [2.75, 3.05) is 43.0 Å². The van der Waals surface area contributed by atoms with Crippen molar-refractivity contribution >= 4 is 38.5 Å². The van der Waals surface area contributed by atoms with Crippen molar-refractivity contribution in [1.82, 2.24) is 20.3 Å². The van der Waals surface area contributed by atoms with Gasteiger partial charge in [-0.1, -0.05) is 24.3 Å². The number of methoxy groups -OCH3 is 1. The summed E-state index contributed by atoms with van der Waals surface area (Å²) in [5.74, 6) is 0.820. The van der Waals surface area contributed by atoms with Crippen molar-refractivity contribution in [3.05, 3.63) is 73.2 Å². The van der Waals surface area contributed by atoms with Gasteiger partial charge in [-0.25, -0.2) is 13.4 Å². The van der Waals surface area contributed by atoms with E-state index in [1.54, 1.807) is 55.9 Å². The Labute approximate surface area is 227 Å². The zero-order valence-corrected chi connectivity index (χ0v) is 22.4. The summed E-state index contributed by atoms with van der Waals surface area (Å²) in [5.41, 5.74) is 3.43. The van der Waals surface area contributed by atoms with Crippen LogP contribution in [0.5, 0.6) is 0 Å². The molecule has 11 heteroatoms. The second-order valence-electron chi connectivity index (χ2n) is 9.36. The molecule has 0 atom stereocenters. The Morgan fingerprint density at radius 1 is 1.00 bits per heavy atom. The summed E-state index contributed by atoms with van der Waals surface area (Å²) in [6.45, 7) is 2.46. The van der Waals surface area contributed by atoms with Gasteiger partial charge in [0, 0.05) is 44.4 Å². The zero-order valence-electron chi connectivity index (χ0n) is 21.6. The maximum atomic E-state index is 12.7. The Kier molecular flexibility index (Phi) is 7.99. The van der Waals surface area contributed by atoms with Gasteiger partial charge in [-0.3, -0.25) is 19.5 Å². The van der Waals surface area contributed by atoms with Crippen LogP contribution in [0, 0.1) is 5.92 Å². The molecule has 2 aromatic carbocycles. The number of fused-ring (bicyclic) bond motifs is 1. The molecule has 5 rings (SSSR count). The normalized spacial score (nSPS) is 14.3. The van der Waals surface area contributed by atoms with E-state index in [1.165, 1.54) is 6.20 Å². The lowest BCUT2D eigenvalue weighted by Crippen LogP contribution is -2.41. The van der Waals surface area contributed by atoms with Gasteiger partial charge >= 0.3 is 0 Å². The lowest BCUT2D eigenvalue weighted by Gasteiger charge is -2.32. The lowest BCUT2D eigenvalue weighted by molar-refractivity contribution is -0.125.